The van der Waals surface area contributed by atoms with Crippen LogP contribution in [0.5, 0.6) is 0 Å². The van der Waals surface area contributed by atoms with Crippen molar-refractivity contribution in [2.24, 2.45) is 0 Å². The molecule has 3 aromatic heterocycles. The Morgan fingerprint density at radius 2 is 1.97 bits per heavy atom. The fourth-order valence-corrected chi connectivity index (χ4v) is 6.93. The first-order valence-corrected chi connectivity index (χ1v) is 14.0. The summed E-state index contributed by atoms with van der Waals surface area (Å²) in [6.07, 6.45) is 2.95. The Labute approximate surface area is 205 Å². The molecule has 0 saturated carbocycles. The number of thiophene rings is 1. The quantitative estimate of drug-likeness (QED) is 0.199. The Bertz CT molecular complexity index is 1270. The number of halogens is 1. The van der Waals surface area contributed by atoms with Crippen molar-refractivity contribution < 1.29 is 4.74 Å². The van der Waals surface area contributed by atoms with Crippen LogP contribution in [0.15, 0.2) is 34.6 Å². The Morgan fingerprint density at radius 1 is 1.16 bits per heavy atom. The molecular weight excluding hydrogens is 480 g/mol. The van der Waals surface area contributed by atoms with E-state index in [9.17, 15) is 0 Å². The van der Waals surface area contributed by atoms with Gasteiger partial charge >= 0.3 is 0 Å². The third-order valence-electron chi connectivity index (χ3n) is 5.88. The largest absolute Gasteiger partial charge is 0.369 e. The average Bonchev–Trinajstić information content (AvgIpc) is 3.38. The summed E-state index contributed by atoms with van der Waals surface area (Å²) < 4.78 is 8.36. The Morgan fingerprint density at radius 3 is 2.72 bits per heavy atom. The fourth-order valence-electron chi connectivity index (χ4n) is 3.86. The van der Waals surface area contributed by atoms with Gasteiger partial charge in [-0.3, -0.25) is 0 Å². The molecule has 4 heterocycles. The highest BCUT2D eigenvalue weighted by atomic mass is 35.5. The minimum absolute atomic E-state index is 0.139. The van der Waals surface area contributed by atoms with Crippen molar-refractivity contribution in [1.82, 2.24) is 19.6 Å². The molecule has 0 N–H and O–H groups in total. The van der Waals surface area contributed by atoms with Gasteiger partial charge < -0.3 is 4.74 Å². The molecule has 4 aromatic rings. The van der Waals surface area contributed by atoms with Crippen molar-refractivity contribution in [3.63, 3.8) is 0 Å². The first kappa shape index (κ1) is 22.5. The average molecular weight is 505 g/mol. The minimum Gasteiger partial charge on any atom is -0.369 e. The fraction of sp³-hybridized carbons (Fsp3) is 0.435. The molecule has 9 heteroatoms. The maximum atomic E-state index is 6.20. The first-order chi connectivity index (χ1) is 15.5. The van der Waals surface area contributed by atoms with E-state index in [0.717, 1.165) is 62.0 Å². The van der Waals surface area contributed by atoms with E-state index in [-0.39, 0.29) is 5.60 Å². The lowest BCUT2D eigenvalue weighted by Gasteiger charge is -2.33. The van der Waals surface area contributed by atoms with Gasteiger partial charge in [-0.1, -0.05) is 61.1 Å². The summed E-state index contributed by atoms with van der Waals surface area (Å²) in [5.41, 5.74) is 3.33. The molecule has 32 heavy (non-hydrogen) atoms. The first-order valence-electron chi connectivity index (χ1n) is 10.8. The highest BCUT2D eigenvalue weighted by Gasteiger charge is 2.33. The topological polar surface area (TPSA) is 52.3 Å². The smallest absolute Gasteiger partial charge is 0.198 e. The standard InChI is InChI=1S/C23H25ClN4OS3/c1-4-10-30-21-25-20-18(16-11-23(3,5-2)29-12-17(16)32-20)19-26-27-22(28(19)21)31-13-14-6-8-15(24)9-7-14/h6-9H,4-5,10-13H2,1-3H3. The second-order valence-electron chi connectivity index (χ2n) is 8.25. The van der Waals surface area contributed by atoms with E-state index >= 15 is 0 Å². The van der Waals surface area contributed by atoms with Crippen molar-refractivity contribution in [2.75, 3.05) is 5.75 Å². The minimum atomic E-state index is -0.139. The molecule has 1 aromatic carbocycles. The lowest BCUT2D eigenvalue weighted by molar-refractivity contribution is -0.0542. The van der Waals surface area contributed by atoms with Gasteiger partial charge in [-0.2, -0.15) is 0 Å². The molecule has 0 radical (unpaired) electrons. The molecule has 0 fully saturated rings. The molecular formula is C23H25ClN4OS3. The zero-order chi connectivity index (χ0) is 22.3. The van der Waals surface area contributed by atoms with Crippen LogP contribution in [0.2, 0.25) is 5.02 Å². The van der Waals surface area contributed by atoms with Crippen LogP contribution in [-0.2, 0) is 23.5 Å². The molecule has 5 nitrogen and oxygen atoms in total. The van der Waals surface area contributed by atoms with Gasteiger partial charge in [0.1, 0.15) is 4.83 Å². The number of hydrogen-bond donors (Lipinski definition) is 0. The lowest BCUT2D eigenvalue weighted by atomic mass is 9.90. The van der Waals surface area contributed by atoms with E-state index < -0.39 is 0 Å². The normalized spacial score (nSPS) is 18.5. The summed E-state index contributed by atoms with van der Waals surface area (Å²) in [5.74, 6) is 1.81. The third kappa shape index (κ3) is 4.16. The van der Waals surface area contributed by atoms with Crippen molar-refractivity contribution in [2.45, 2.75) is 68.3 Å². The number of rotatable bonds is 7. The number of nitrogens with zero attached hydrogens (tertiary/aromatic N) is 4. The molecule has 1 aliphatic heterocycles. The monoisotopic (exact) mass is 504 g/mol. The van der Waals surface area contributed by atoms with Crippen LogP contribution in [0.4, 0.5) is 0 Å². The van der Waals surface area contributed by atoms with Crippen LogP contribution in [0.1, 0.15) is 49.6 Å². The molecule has 0 amide bonds. The summed E-state index contributed by atoms with van der Waals surface area (Å²) in [4.78, 5) is 7.42. The summed E-state index contributed by atoms with van der Waals surface area (Å²) in [6.45, 7) is 7.23. The maximum Gasteiger partial charge on any atom is 0.198 e. The molecule has 168 valence electrons. The number of aromatic nitrogens is 4. The Balaban J connectivity index is 1.60. The molecule has 0 spiro atoms. The highest BCUT2D eigenvalue weighted by molar-refractivity contribution is 7.99. The molecule has 0 aliphatic carbocycles. The molecule has 1 unspecified atom stereocenters. The summed E-state index contributed by atoms with van der Waals surface area (Å²) in [6, 6.07) is 7.97. The predicted molar refractivity (Wildman–Crippen MR) is 135 cm³/mol. The SMILES string of the molecule is CCCSc1nc2sc3c(c2c2nnc(SCc4ccc(Cl)cc4)n12)CC(C)(CC)OC3. The number of thioether (sulfide) groups is 2. The summed E-state index contributed by atoms with van der Waals surface area (Å²) >= 11 is 11.2. The zero-order valence-corrected chi connectivity index (χ0v) is 21.6. The highest BCUT2D eigenvalue weighted by Crippen LogP contribution is 2.42. The van der Waals surface area contributed by atoms with Gasteiger partial charge in [0.05, 0.1) is 17.6 Å². The van der Waals surface area contributed by atoms with E-state index in [1.54, 1.807) is 34.9 Å². The van der Waals surface area contributed by atoms with Crippen molar-refractivity contribution >= 4 is 62.3 Å². The molecule has 1 atom stereocenters. The number of hydrogen-bond acceptors (Lipinski definition) is 7. The van der Waals surface area contributed by atoms with Gasteiger partial charge in [0, 0.05) is 27.8 Å². The third-order valence-corrected chi connectivity index (χ3v) is 9.38. The van der Waals surface area contributed by atoms with Crippen molar-refractivity contribution in [3.05, 3.63) is 45.3 Å². The van der Waals surface area contributed by atoms with Crippen LogP contribution in [0.25, 0.3) is 15.9 Å². The van der Waals surface area contributed by atoms with Gasteiger partial charge in [0.2, 0.25) is 0 Å². The van der Waals surface area contributed by atoms with Crippen LogP contribution < -0.4 is 0 Å². The van der Waals surface area contributed by atoms with E-state index in [2.05, 4.69) is 47.5 Å². The van der Waals surface area contributed by atoms with Gasteiger partial charge in [0.25, 0.3) is 0 Å². The van der Waals surface area contributed by atoms with Crippen LogP contribution >= 0.6 is 46.5 Å². The number of ether oxygens (including phenoxy) is 1. The summed E-state index contributed by atoms with van der Waals surface area (Å²) in [7, 11) is 0. The van der Waals surface area contributed by atoms with Crippen LogP contribution in [-0.4, -0.2) is 30.9 Å². The van der Waals surface area contributed by atoms with E-state index in [1.165, 1.54) is 16.0 Å². The second-order valence-corrected chi connectivity index (χ2v) is 11.8. The van der Waals surface area contributed by atoms with Gasteiger partial charge in [-0.05, 0) is 43.0 Å². The molecule has 0 bridgehead atoms. The lowest BCUT2D eigenvalue weighted by Crippen LogP contribution is -2.33. The zero-order valence-electron chi connectivity index (χ0n) is 18.4. The molecule has 0 saturated heterocycles. The van der Waals surface area contributed by atoms with Crippen LogP contribution in [0.3, 0.4) is 0 Å². The van der Waals surface area contributed by atoms with E-state index in [1.807, 2.05) is 12.1 Å². The van der Waals surface area contributed by atoms with E-state index in [0.29, 0.717) is 6.61 Å². The number of benzene rings is 1. The maximum absolute atomic E-state index is 6.20. The van der Waals surface area contributed by atoms with Gasteiger partial charge in [0.15, 0.2) is 16.0 Å². The van der Waals surface area contributed by atoms with Crippen LogP contribution in [0, 0.1) is 0 Å². The van der Waals surface area contributed by atoms with Crippen molar-refractivity contribution in [3.8, 4) is 0 Å². The molecule has 5 rings (SSSR count). The van der Waals surface area contributed by atoms with Gasteiger partial charge in [-0.25, -0.2) is 9.38 Å². The Kier molecular flexibility index (Phi) is 6.42. The van der Waals surface area contributed by atoms with Crippen molar-refractivity contribution in [1.29, 1.82) is 0 Å². The second kappa shape index (κ2) is 9.14. The van der Waals surface area contributed by atoms with E-state index in [4.69, 9.17) is 21.3 Å². The van der Waals surface area contributed by atoms with Gasteiger partial charge in [-0.15, -0.1) is 21.5 Å². The molecule has 1 aliphatic rings. The predicted octanol–water partition coefficient (Wildman–Crippen LogP) is 7.03. The summed E-state index contributed by atoms with van der Waals surface area (Å²) in [5, 5.41) is 13.0. The Hall–Kier alpha value is -1.32. The number of fused-ring (bicyclic) bond motifs is 5.